The van der Waals surface area contributed by atoms with Gasteiger partial charge in [0.15, 0.2) is 0 Å². The van der Waals surface area contributed by atoms with E-state index in [1.165, 1.54) is 62.0 Å². The fourth-order valence-electron chi connectivity index (χ4n) is 12.7. The molecule has 2 saturated heterocycles. The van der Waals surface area contributed by atoms with Crippen molar-refractivity contribution in [2.75, 3.05) is 0 Å². The van der Waals surface area contributed by atoms with Crippen LogP contribution in [0, 0.1) is 5.41 Å². The van der Waals surface area contributed by atoms with Gasteiger partial charge in [-0.3, -0.25) is 4.90 Å². The molecule has 4 heteroatoms. The summed E-state index contributed by atoms with van der Waals surface area (Å²) in [7, 11) is 0. The predicted molar refractivity (Wildman–Crippen MR) is 204 cm³/mol. The number of hydrogen-bond donors (Lipinski definition) is 0. The molecular formula is C45H54BN3. The molecule has 0 aromatic heterocycles. The van der Waals surface area contributed by atoms with E-state index in [1.54, 1.807) is 22.3 Å². The van der Waals surface area contributed by atoms with Gasteiger partial charge in [-0.25, -0.2) is 0 Å². The van der Waals surface area contributed by atoms with Gasteiger partial charge in [0.2, 0.25) is 6.71 Å². The topological polar surface area (TPSA) is 9.72 Å². The third-order valence-electron chi connectivity index (χ3n) is 14.6. The van der Waals surface area contributed by atoms with E-state index < -0.39 is 0 Å². The summed E-state index contributed by atoms with van der Waals surface area (Å²) >= 11 is 0. The Morgan fingerprint density at radius 3 is 2.51 bits per heavy atom. The molecule has 7 aliphatic carbocycles. The first-order chi connectivity index (χ1) is 24.1. The summed E-state index contributed by atoms with van der Waals surface area (Å²) in [5, 5.41) is 0. The average Bonchev–Trinajstić information content (AvgIpc) is 3.34. The molecule has 3 nitrogen and oxygen atoms in total. The van der Waals surface area contributed by atoms with Crippen molar-refractivity contribution in [3.8, 4) is 0 Å². The molecule has 4 atom stereocenters. The third-order valence-corrected chi connectivity index (χ3v) is 14.6. The number of allylic oxidation sites excluding steroid dienone is 15. The highest BCUT2D eigenvalue weighted by Crippen LogP contribution is 2.68. The third kappa shape index (κ3) is 4.38. The highest BCUT2D eigenvalue weighted by Gasteiger charge is 2.68. The van der Waals surface area contributed by atoms with E-state index in [0.29, 0.717) is 36.1 Å². The lowest BCUT2D eigenvalue weighted by molar-refractivity contribution is 0.00762. The van der Waals surface area contributed by atoms with Crippen LogP contribution in [0.1, 0.15) is 110 Å². The Kier molecular flexibility index (Phi) is 7.27. The molecule has 0 radical (unpaired) electrons. The highest BCUT2D eigenvalue weighted by atomic mass is 15.3. The summed E-state index contributed by atoms with van der Waals surface area (Å²) in [6, 6.07) is 1.34. The molecule has 0 aromatic carbocycles. The number of hydrogen-bond acceptors (Lipinski definition) is 3. The Bertz CT molecular complexity index is 1780. The summed E-state index contributed by atoms with van der Waals surface area (Å²) < 4.78 is 0. The first kappa shape index (κ1) is 30.6. The quantitative estimate of drug-likeness (QED) is 0.222. The molecule has 3 aliphatic heterocycles. The zero-order valence-electron chi connectivity index (χ0n) is 29.9. The number of rotatable bonds is 4. The zero-order chi connectivity index (χ0) is 32.7. The minimum absolute atomic E-state index is 0.125. The summed E-state index contributed by atoms with van der Waals surface area (Å²) in [4.78, 5) is 8.77. The number of fused-ring (bicyclic) bond motifs is 4. The van der Waals surface area contributed by atoms with Crippen LogP contribution in [0.15, 0.2) is 130 Å². The molecule has 10 rings (SSSR count). The highest BCUT2D eigenvalue weighted by molar-refractivity contribution is 6.77. The lowest BCUT2D eigenvalue weighted by Crippen LogP contribution is -2.64. The van der Waals surface area contributed by atoms with Crippen molar-refractivity contribution in [2.45, 2.75) is 140 Å². The smallest absolute Gasteiger partial charge is 0.216 e. The molecule has 49 heavy (non-hydrogen) atoms. The van der Waals surface area contributed by atoms with E-state index in [1.807, 2.05) is 5.57 Å². The van der Waals surface area contributed by atoms with Crippen LogP contribution in [0.25, 0.3) is 0 Å². The summed E-state index contributed by atoms with van der Waals surface area (Å²) in [5.41, 5.74) is 13.3. The fourth-order valence-corrected chi connectivity index (χ4v) is 12.7. The van der Waals surface area contributed by atoms with Gasteiger partial charge in [0.1, 0.15) is 0 Å². The molecule has 3 heterocycles. The van der Waals surface area contributed by atoms with Crippen LogP contribution >= 0.6 is 0 Å². The molecule has 1 spiro atoms. The fraction of sp³-hybridized carbons (Fsp3) is 0.511. The van der Waals surface area contributed by atoms with Crippen LogP contribution in [0.4, 0.5) is 0 Å². The van der Waals surface area contributed by atoms with Crippen molar-refractivity contribution in [1.29, 1.82) is 0 Å². The molecule has 1 saturated carbocycles. The van der Waals surface area contributed by atoms with Crippen molar-refractivity contribution < 1.29 is 0 Å². The van der Waals surface area contributed by atoms with Crippen LogP contribution < -0.4 is 0 Å². The van der Waals surface area contributed by atoms with Crippen molar-refractivity contribution in [2.24, 2.45) is 5.41 Å². The molecule has 0 N–H and O–H groups in total. The first-order valence-corrected chi connectivity index (χ1v) is 20.1. The van der Waals surface area contributed by atoms with Gasteiger partial charge < -0.3 is 9.80 Å². The van der Waals surface area contributed by atoms with E-state index in [2.05, 4.69) is 114 Å². The van der Waals surface area contributed by atoms with E-state index >= 15 is 0 Å². The molecule has 0 bridgehead atoms. The standard InChI is InChI=1S/C45H54BN3/c1-44(2)45(28-15-6-16-29-45)36-24-17-26-38-43(36)49(44)41-31-35(47(32-18-7-3-8-19-32)33-20-9-4-10-21-33)30-40-42(41)46(38)37-25-13-14-27-39(37)48(40)34-22-11-5-12-23-34/h3,5,7,9,11-13,18,20-22,24-25,30,34,38,41,43H,4,6,8,10,14-17,19,23,26-29,31H2,1-2H3. The minimum atomic E-state index is 0.125. The molecule has 0 amide bonds. The summed E-state index contributed by atoms with van der Waals surface area (Å²) in [6.07, 6.45) is 53.0. The maximum absolute atomic E-state index is 3.18. The van der Waals surface area contributed by atoms with Gasteiger partial charge in [-0.15, -0.1) is 0 Å². The van der Waals surface area contributed by atoms with Gasteiger partial charge in [-0.05, 0) is 108 Å². The second kappa shape index (κ2) is 11.7. The normalized spacial score (nSPS) is 33.6. The SMILES string of the molecule is CC1(C)N2C3CC(N(C4=CCCC=C4)C4=CC=CCC4)=CC4=C3B(C3=C(CCC=C3)N4C3C=CC=CC3)C3CCC=C(C32)C12CCCCC2. The molecular weight excluding hydrogens is 593 g/mol. The maximum Gasteiger partial charge on any atom is 0.216 e. The van der Waals surface area contributed by atoms with Crippen molar-refractivity contribution in [3.63, 3.8) is 0 Å². The summed E-state index contributed by atoms with van der Waals surface area (Å²) in [5.74, 6) is 0.666. The van der Waals surface area contributed by atoms with Gasteiger partial charge in [0.25, 0.3) is 0 Å². The maximum atomic E-state index is 3.18. The van der Waals surface area contributed by atoms with Crippen molar-refractivity contribution in [3.05, 3.63) is 130 Å². The van der Waals surface area contributed by atoms with Gasteiger partial charge in [-0.1, -0.05) is 103 Å². The molecule has 4 unspecified atom stereocenters. The van der Waals surface area contributed by atoms with Crippen LogP contribution in [-0.2, 0) is 0 Å². The van der Waals surface area contributed by atoms with Crippen molar-refractivity contribution >= 4 is 6.71 Å². The van der Waals surface area contributed by atoms with Crippen LogP contribution in [0.2, 0.25) is 5.82 Å². The predicted octanol–water partition coefficient (Wildman–Crippen LogP) is 10.6. The van der Waals surface area contributed by atoms with E-state index in [-0.39, 0.29) is 5.54 Å². The molecule has 0 aromatic rings. The largest absolute Gasteiger partial charge is 0.339 e. The van der Waals surface area contributed by atoms with Gasteiger partial charge >= 0.3 is 0 Å². The van der Waals surface area contributed by atoms with E-state index in [9.17, 15) is 0 Å². The van der Waals surface area contributed by atoms with Crippen LogP contribution in [0.5, 0.6) is 0 Å². The second-order valence-electron chi connectivity index (χ2n) is 17.0. The lowest BCUT2D eigenvalue weighted by atomic mass is 9.25. The van der Waals surface area contributed by atoms with Gasteiger partial charge in [0.05, 0.1) is 6.04 Å². The Morgan fingerprint density at radius 2 is 1.71 bits per heavy atom. The Labute approximate surface area is 295 Å². The van der Waals surface area contributed by atoms with E-state index in [4.69, 9.17) is 0 Å². The molecule has 10 aliphatic rings. The first-order valence-electron chi connectivity index (χ1n) is 20.1. The Balaban J connectivity index is 1.22. The van der Waals surface area contributed by atoms with Crippen LogP contribution in [-0.4, -0.2) is 45.1 Å². The second-order valence-corrected chi connectivity index (χ2v) is 17.0. The van der Waals surface area contributed by atoms with Crippen molar-refractivity contribution in [1.82, 2.24) is 14.7 Å². The molecule has 252 valence electrons. The number of nitrogens with zero attached hydrogens (tertiary/aromatic N) is 3. The van der Waals surface area contributed by atoms with Gasteiger partial charge in [0, 0.05) is 57.9 Å². The average molecular weight is 648 g/mol. The Morgan fingerprint density at radius 1 is 0.837 bits per heavy atom. The van der Waals surface area contributed by atoms with Gasteiger partial charge in [-0.2, -0.15) is 0 Å². The summed E-state index contributed by atoms with van der Waals surface area (Å²) in [6.45, 7) is 5.90. The Hall–Kier alpha value is -3.24. The lowest BCUT2D eigenvalue weighted by Gasteiger charge is -2.59. The zero-order valence-corrected chi connectivity index (χ0v) is 29.9. The van der Waals surface area contributed by atoms with Crippen LogP contribution in [0.3, 0.4) is 0 Å². The van der Waals surface area contributed by atoms with E-state index in [0.717, 1.165) is 51.4 Å². The molecule has 3 fully saturated rings. The minimum Gasteiger partial charge on any atom is -0.339 e. The monoisotopic (exact) mass is 647 g/mol.